The zero-order valence-corrected chi connectivity index (χ0v) is 11.0. The molecule has 0 aliphatic rings. The van der Waals surface area contributed by atoms with Crippen molar-refractivity contribution in [2.45, 2.75) is 32.2 Å². The largest absolute Gasteiger partial charge is 0.348 e. The van der Waals surface area contributed by atoms with E-state index in [2.05, 4.69) is 51.1 Å². The van der Waals surface area contributed by atoms with E-state index in [1.54, 1.807) is 6.33 Å². The quantitative estimate of drug-likeness (QED) is 0.666. The van der Waals surface area contributed by atoms with E-state index in [9.17, 15) is 0 Å². The van der Waals surface area contributed by atoms with Crippen LogP contribution in [0.4, 0.5) is 0 Å². The van der Waals surface area contributed by atoms with Gasteiger partial charge in [-0.3, -0.25) is 0 Å². The van der Waals surface area contributed by atoms with Crippen molar-refractivity contribution in [3.63, 3.8) is 0 Å². The van der Waals surface area contributed by atoms with Gasteiger partial charge < -0.3 is 9.55 Å². The summed E-state index contributed by atoms with van der Waals surface area (Å²) in [5.41, 5.74) is 2.59. The molecule has 0 amide bonds. The van der Waals surface area contributed by atoms with Gasteiger partial charge in [0.25, 0.3) is 0 Å². The average molecular weight is 253 g/mol. The van der Waals surface area contributed by atoms with E-state index in [0.717, 1.165) is 13.0 Å². The number of aryl methyl sites for hydroxylation is 2. The third-order valence-electron chi connectivity index (χ3n) is 3.58. The van der Waals surface area contributed by atoms with Crippen LogP contribution in [0, 0.1) is 0 Å². The second-order valence-electron chi connectivity index (χ2n) is 4.96. The van der Waals surface area contributed by atoms with Crippen LogP contribution in [-0.4, -0.2) is 14.5 Å². The van der Waals surface area contributed by atoms with Gasteiger partial charge >= 0.3 is 0 Å². The van der Waals surface area contributed by atoms with E-state index in [1.165, 1.54) is 35.9 Å². The summed E-state index contributed by atoms with van der Waals surface area (Å²) in [6.45, 7) is 1.11. The SMILES string of the molecule is c1ccc2c(c1)ccn2CCCCCc1cnc[nH]1. The Labute approximate surface area is 113 Å². The molecule has 0 saturated carbocycles. The van der Waals surface area contributed by atoms with E-state index in [-0.39, 0.29) is 0 Å². The lowest BCUT2D eigenvalue weighted by atomic mass is 10.1. The highest BCUT2D eigenvalue weighted by Gasteiger charge is 1.99. The Bertz CT molecular complexity index is 622. The lowest BCUT2D eigenvalue weighted by Gasteiger charge is -2.05. The lowest BCUT2D eigenvalue weighted by Crippen LogP contribution is -1.96. The number of hydrogen-bond acceptors (Lipinski definition) is 1. The van der Waals surface area contributed by atoms with Crippen LogP contribution in [0.5, 0.6) is 0 Å². The van der Waals surface area contributed by atoms with Crippen molar-refractivity contribution < 1.29 is 0 Å². The maximum atomic E-state index is 4.04. The van der Waals surface area contributed by atoms with Gasteiger partial charge in [0.15, 0.2) is 0 Å². The topological polar surface area (TPSA) is 33.6 Å². The number of para-hydroxylation sites is 1. The van der Waals surface area contributed by atoms with Crippen molar-refractivity contribution in [3.8, 4) is 0 Å². The number of nitrogens with one attached hydrogen (secondary N) is 1. The van der Waals surface area contributed by atoms with Gasteiger partial charge in [0, 0.05) is 30.1 Å². The third kappa shape index (κ3) is 2.87. The van der Waals surface area contributed by atoms with E-state index in [4.69, 9.17) is 0 Å². The molecule has 0 radical (unpaired) electrons. The number of H-pyrrole nitrogens is 1. The minimum Gasteiger partial charge on any atom is -0.348 e. The summed E-state index contributed by atoms with van der Waals surface area (Å²) in [6.07, 6.45) is 10.7. The third-order valence-corrected chi connectivity index (χ3v) is 3.58. The summed E-state index contributed by atoms with van der Waals surface area (Å²) < 4.78 is 2.35. The number of nitrogens with zero attached hydrogens (tertiary/aromatic N) is 2. The molecule has 2 heterocycles. The van der Waals surface area contributed by atoms with Gasteiger partial charge in [-0.05, 0) is 36.8 Å². The zero-order valence-electron chi connectivity index (χ0n) is 11.0. The van der Waals surface area contributed by atoms with Crippen molar-refractivity contribution in [2.75, 3.05) is 0 Å². The fraction of sp³-hybridized carbons (Fsp3) is 0.312. The minimum absolute atomic E-state index is 1.10. The molecule has 0 spiro atoms. The van der Waals surface area contributed by atoms with Crippen LogP contribution in [-0.2, 0) is 13.0 Å². The smallest absolute Gasteiger partial charge is 0.0921 e. The Morgan fingerprint density at radius 3 is 2.89 bits per heavy atom. The molecule has 19 heavy (non-hydrogen) atoms. The Morgan fingerprint density at radius 2 is 2.00 bits per heavy atom. The van der Waals surface area contributed by atoms with Crippen LogP contribution < -0.4 is 0 Å². The van der Waals surface area contributed by atoms with Gasteiger partial charge in [0.05, 0.1) is 6.33 Å². The molecular formula is C16H19N3. The lowest BCUT2D eigenvalue weighted by molar-refractivity contribution is 0.597. The Kier molecular flexibility index (Phi) is 3.63. The summed E-state index contributed by atoms with van der Waals surface area (Å²) in [6, 6.07) is 10.8. The molecule has 0 aliphatic carbocycles. The Morgan fingerprint density at radius 1 is 1.05 bits per heavy atom. The summed E-state index contributed by atoms with van der Waals surface area (Å²) >= 11 is 0. The molecule has 98 valence electrons. The van der Waals surface area contributed by atoms with Crippen LogP contribution in [0.15, 0.2) is 49.1 Å². The van der Waals surface area contributed by atoms with Gasteiger partial charge in [-0.25, -0.2) is 4.98 Å². The number of aromatic amines is 1. The molecule has 3 rings (SSSR count). The number of rotatable bonds is 6. The zero-order chi connectivity index (χ0) is 12.9. The standard InChI is InChI=1S/C16H19N3/c1(2-7-15-12-17-13-18-15)5-10-19-11-9-14-6-3-4-8-16(14)19/h3-4,6,8-9,11-13H,1-2,5,7,10H2,(H,17,18). The normalized spacial score (nSPS) is 11.2. The van der Waals surface area contributed by atoms with Crippen LogP contribution in [0.3, 0.4) is 0 Å². The number of unbranched alkanes of at least 4 members (excludes halogenated alkanes) is 2. The Hall–Kier alpha value is -2.03. The maximum Gasteiger partial charge on any atom is 0.0921 e. The first-order valence-corrected chi connectivity index (χ1v) is 6.94. The predicted molar refractivity (Wildman–Crippen MR) is 78.1 cm³/mol. The summed E-state index contributed by atoms with van der Waals surface area (Å²) in [5, 5.41) is 1.33. The summed E-state index contributed by atoms with van der Waals surface area (Å²) in [5.74, 6) is 0. The molecule has 0 unspecified atom stereocenters. The molecule has 0 bridgehead atoms. The highest BCUT2D eigenvalue weighted by molar-refractivity contribution is 5.79. The van der Waals surface area contributed by atoms with E-state index >= 15 is 0 Å². The second kappa shape index (κ2) is 5.74. The molecular weight excluding hydrogens is 234 g/mol. The number of benzene rings is 1. The first-order valence-electron chi connectivity index (χ1n) is 6.94. The highest BCUT2D eigenvalue weighted by Crippen LogP contribution is 2.16. The van der Waals surface area contributed by atoms with E-state index < -0.39 is 0 Å². The number of hydrogen-bond donors (Lipinski definition) is 1. The van der Waals surface area contributed by atoms with Gasteiger partial charge in [-0.2, -0.15) is 0 Å². The molecule has 1 N–H and O–H groups in total. The fourth-order valence-electron chi connectivity index (χ4n) is 2.53. The van der Waals surface area contributed by atoms with Crippen LogP contribution in [0.2, 0.25) is 0 Å². The van der Waals surface area contributed by atoms with Gasteiger partial charge in [0.2, 0.25) is 0 Å². The Balaban J connectivity index is 1.47. The molecule has 3 aromatic rings. The average Bonchev–Trinajstić information content (AvgIpc) is 3.08. The van der Waals surface area contributed by atoms with Crippen molar-refractivity contribution in [1.29, 1.82) is 0 Å². The summed E-state index contributed by atoms with van der Waals surface area (Å²) in [4.78, 5) is 7.19. The molecule has 1 aromatic carbocycles. The number of aromatic nitrogens is 3. The highest BCUT2D eigenvalue weighted by atomic mass is 14.9. The maximum absolute atomic E-state index is 4.04. The predicted octanol–water partition coefficient (Wildman–Crippen LogP) is 3.78. The van der Waals surface area contributed by atoms with Gasteiger partial charge in [-0.1, -0.05) is 24.6 Å². The van der Waals surface area contributed by atoms with E-state index in [1.807, 2.05) is 6.20 Å². The minimum atomic E-state index is 1.10. The van der Waals surface area contributed by atoms with Crippen molar-refractivity contribution in [3.05, 3.63) is 54.7 Å². The second-order valence-corrected chi connectivity index (χ2v) is 4.96. The fourth-order valence-corrected chi connectivity index (χ4v) is 2.53. The number of imidazole rings is 1. The van der Waals surface area contributed by atoms with Crippen molar-refractivity contribution in [1.82, 2.24) is 14.5 Å². The molecule has 2 aromatic heterocycles. The van der Waals surface area contributed by atoms with Crippen LogP contribution >= 0.6 is 0 Å². The van der Waals surface area contributed by atoms with Crippen LogP contribution in [0.1, 0.15) is 25.0 Å². The summed E-state index contributed by atoms with van der Waals surface area (Å²) in [7, 11) is 0. The molecule has 0 saturated heterocycles. The van der Waals surface area contributed by atoms with Crippen molar-refractivity contribution >= 4 is 10.9 Å². The molecule has 0 atom stereocenters. The number of fused-ring (bicyclic) bond motifs is 1. The molecule has 3 nitrogen and oxygen atoms in total. The monoisotopic (exact) mass is 253 g/mol. The van der Waals surface area contributed by atoms with Gasteiger partial charge in [0.1, 0.15) is 0 Å². The molecule has 0 aliphatic heterocycles. The van der Waals surface area contributed by atoms with Gasteiger partial charge in [-0.15, -0.1) is 0 Å². The van der Waals surface area contributed by atoms with Crippen molar-refractivity contribution in [2.24, 2.45) is 0 Å². The van der Waals surface area contributed by atoms with E-state index in [0.29, 0.717) is 0 Å². The first-order chi connectivity index (χ1) is 9.43. The first kappa shape index (κ1) is 12.0. The molecule has 3 heteroatoms. The van der Waals surface area contributed by atoms with Crippen LogP contribution in [0.25, 0.3) is 10.9 Å². The molecule has 0 fully saturated rings.